The predicted molar refractivity (Wildman–Crippen MR) is 98.7 cm³/mol. The number of carbonyl (C=O) groups excluding carboxylic acids is 1. The van der Waals surface area contributed by atoms with Gasteiger partial charge >= 0.3 is 0 Å². The summed E-state index contributed by atoms with van der Waals surface area (Å²) in [5, 5.41) is 2.98. The van der Waals surface area contributed by atoms with Crippen LogP contribution in [0.15, 0.2) is 54.6 Å². The lowest BCUT2D eigenvalue weighted by atomic mass is 10.1. The Morgan fingerprint density at radius 3 is 2.25 bits per heavy atom. The molecule has 4 rings (SSSR count). The first kappa shape index (κ1) is 15.1. The van der Waals surface area contributed by atoms with Crippen LogP contribution in [0.1, 0.15) is 12.8 Å². The summed E-state index contributed by atoms with van der Waals surface area (Å²) in [6, 6.07) is 18.1. The molecule has 1 fully saturated rings. The minimum absolute atomic E-state index is 0.0339. The molecule has 4 heteroatoms. The van der Waals surface area contributed by atoms with Gasteiger partial charge in [-0.3, -0.25) is 4.79 Å². The Balaban J connectivity index is 1.46. The zero-order valence-electron chi connectivity index (χ0n) is 13.8. The smallest absolute Gasteiger partial charge is 0.243 e. The SMILES string of the molecule is O=C(CN1CCN(CC2CC2)c2ccccc21)Nc1ccccc1. The first-order valence-corrected chi connectivity index (χ1v) is 8.73. The Morgan fingerprint density at radius 2 is 1.54 bits per heavy atom. The number of carbonyl (C=O) groups is 1. The van der Waals surface area contributed by atoms with Crippen LogP contribution in [0.2, 0.25) is 0 Å². The van der Waals surface area contributed by atoms with Crippen molar-refractivity contribution in [2.24, 2.45) is 5.92 Å². The highest BCUT2D eigenvalue weighted by molar-refractivity contribution is 5.95. The summed E-state index contributed by atoms with van der Waals surface area (Å²) in [4.78, 5) is 17.1. The molecule has 0 bridgehead atoms. The summed E-state index contributed by atoms with van der Waals surface area (Å²) in [6.07, 6.45) is 2.73. The van der Waals surface area contributed by atoms with Crippen LogP contribution in [-0.2, 0) is 4.79 Å². The molecule has 1 aliphatic heterocycles. The van der Waals surface area contributed by atoms with Crippen molar-refractivity contribution in [1.29, 1.82) is 0 Å². The van der Waals surface area contributed by atoms with E-state index >= 15 is 0 Å². The van der Waals surface area contributed by atoms with E-state index in [1.807, 2.05) is 30.3 Å². The van der Waals surface area contributed by atoms with Crippen LogP contribution in [0.25, 0.3) is 0 Å². The number of amides is 1. The van der Waals surface area contributed by atoms with Crippen molar-refractivity contribution in [3.63, 3.8) is 0 Å². The molecule has 0 saturated heterocycles. The van der Waals surface area contributed by atoms with Gasteiger partial charge in [0.05, 0.1) is 17.9 Å². The van der Waals surface area contributed by atoms with Gasteiger partial charge in [-0.15, -0.1) is 0 Å². The van der Waals surface area contributed by atoms with Crippen LogP contribution in [0, 0.1) is 5.92 Å². The molecule has 1 saturated carbocycles. The maximum absolute atomic E-state index is 12.4. The average molecular weight is 321 g/mol. The molecule has 124 valence electrons. The Morgan fingerprint density at radius 1 is 0.917 bits per heavy atom. The van der Waals surface area contributed by atoms with E-state index in [0.29, 0.717) is 6.54 Å². The molecule has 0 atom stereocenters. The summed E-state index contributed by atoms with van der Waals surface area (Å²) in [7, 11) is 0. The van der Waals surface area contributed by atoms with Crippen LogP contribution in [0.4, 0.5) is 17.1 Å². The summed E-state index contributed by atoms with van der Waals surface area (Å²) in [5.41, 5.74) is 3.29. The largest absolute Gasteiger partial charge is 0.368 e. The lowest BCUT2D eigenvalue weighted by Gasteiger charge is -2.38. The molecule has 2 aromatic rings. The van der Waals surface area contributed by atoms with E-state index in [1.54, 1.807) is 0 Å². The van der Waals surface area contributed by atoms with E-state index in [4.69, 9.17) is 0 Å². The first-order chi connectivity index (χ1) is 11.8. The lowest BCUT2D eigenvalue weighted by molar-refractivity contribution is -0.115. The van der Waals surface area contributed by atoms with Gasteiger partial charge in [0.1, 0.15) is 0 Å². The van der Waals surface area contributed by atoms with Gasteiger partial charge in [-0.1, -0.05) is 30.3 Å². The van der Waals surface area contributed by atoms with Crippen molar-refractivity contribution in [1.82, 2.24) is 0 Å². The summed E-state index contributed by atoms with van der Waals surface area (Å²) in [5.74, 6) is 0.901. The van der Waals surface area contributed by atoms with Gasteiger partial charge in [0.2, 0.25) is 5.91 Å². The molecule has 0 unspecified atom stereocenters. The molecule has 0 radical (unpaired) electrons. The van der Waals surface area contributed by atoms with E-state index in [-0.39, 0.29) is 5.91 Å². The van der Waals surface area contributed by atoms with Crippen molar-refractivity contribution in [3.8, 4) is 0 Å². The highest BCUT2D eigenvalue weighted by Gasteiger charge is 2.29. The van der Waals surface area contributed by atoms with Crippen molar-refractivity contribution in [3.05, 3.63) is 54.6 Å². The Labute approximate surface area is 143 Å². The summed E-state index contributed by atoms with van der Waals surface area (Å²) in [6.45, 7) is 3.43. The van der Waals surface area contributed by atoms with Gasteiger partial charge in [0, 0.05) is 25.3 Å². The summed E-state index contributed by atoms with van der Waals surface area (Å²) < 4.78 is 0. The number of benzene rings is 2. The third kappa shape index (κ3) is 3.37. The minimum Gasteiger partial charge on any atom is -0.368 e. The number of anilines is 3. The Hall–Kier alpha value is -2.49. The van der Waals surface area contributed by atoms with Crippen LogP contribution in [0.5, 0.6) is 0 Å². The second kappa shape index (κ2) is 6.56. The van der Waals surface area contributed by atoms with E-state index < -0.39 is 0 Å². The van der Waals surface area contributed by atoms with Gasteiger partial charge in [-0.25, -0.2) is 0 Å². The number of fused-ring (bicyclic) bond motifs is 1. The highest BCUT2D eigenvalue weighted by Crippen LogP contribution is 2.37. The standard InChI is InChI=1S/C20H23N3O/c24-20(21-17-6-2-1-3-7-17)15-23-13-12-22(14-16-10-11-16)18-8-4-5-9-19(18)23/h1-9,16H,10-15H2,(H,21,24). The summed E-state index contributed by atoms with van der Waals surface area (Å²) >= 11 is 0. The van der Waals surface area contributed by atoms with E-state index in [0.717, 1.165) is 31.2 Å². The monoisotopic (exact) mass is 321 g/mol. The second-order valence-corrected chi connectivity index (χ2v) is 6.71. The number of rotatable bonds is 5. The zero-order valence-corrected chi connectivity index (χ0v) is 13.8. The molecule has 1 aliphatic carbocycles. The number of nitrogens with one attached hydrogen (secondary N) is 1. The van der Waals surface area contributed by atoms with Crippen LogP contribution < -0.4 is 15.1 Å². The van der Waals surface area contributed by atoms with Crippen molar-refractivity contribution in [2.75, 3.05) is 41.3 Å². The number of para-hydroxylation sites is 3. The normalized spacial score (nSPS) is 16.7. The van der Waals surface area contributed by atoms with Crippen molar-refractivity contribution < 1.29 is 4.79 Å². The van der Waals surface area contributed by atoms with Gasteiger partial charge in [-0.05, 0) is 43.0 Å². The fraction of sp³-hybridized carbons (Fsp3) is 0.350. The Kier molecular flexibility index (Phi) is 4.11. The fourth-order valence-electron chi connectivity index (χ4n) is 3.34. The zero-order chi connectivity index (χ0) is 16.4. The molecule has 1 heterocycles. The van der Waals surface area contributed by atoms with Gasteiger partial charge < -0.3 is 15.1 Å². The van der Waals surface area contributed by atoms with Crippen molar-refractivity contribution >= 4 is 23.0 Å². The highest BCUT2D eigenvalue weighted by atomic mass is 16.2. The van der Waals surface area contributed by atoms with E-state index in [2.05, 4.69) is 39.4 Å². The van der Waals surface area contributed by atoms with E-state index in [1.165, 1.54) is 24.2 Å². The van der Waals surface area contributed by atoms with Gasteiger partial charge in [0.25, 0.3) is 0 Å². The molecular weight excluding hydrogens is 298 g/mol. The van der Waals surface area contributed by atoms with Gasteiger partial charge in [-0.2, -0.15) is 0 Å². The van der Waals surface area contributed by atoms with Gasteiger partial charge in [0.15, 0.2) is 0 Å². The molecular formula is C20H23N3O. The van der Waals surface area contributed by atoms with Crippen LogP contribution in [-0.4, -0.2) is 32.1 Å². The number of hydrogen-bond acceptors (Lipinski definition) is 3. The fourth-order valence-corrected chi connectivity index (χ4v) is 3.34. The molecule has 2 aromatic carbocycles. The molecule has 1 amide bonds. The average Bonchev–Trinajstić information content (AvgIpc) is 3.42. The number of hydrogen-bond donors (Lipinski definition) is 1. The van der Waals surface area contributed by atoms with Crippen LogP contribution >= 0.6 is 0 Å². The quantitative estimate of drug-likeness (QED) is 0.917. The molecule has 1 N–H and O–H groups in total. The van der Waals surface area contributed by atoms with Crippen LogP contribution in [0.3, 0.4) is 0 Å². The predicted octanol–water partition coefficient (Wildman–Crippen LogP) is 3.36. The maximum Gasteiger partial charge on any atom is 0.243 e. The molecule has 2 aliphatic rings. The second-order valence-electron chi connectivity index (χ2n) is 6.71. The molecule has 24 heavy (non-hydrogen) atoms. The Bertz CT molecular complexity index is 712. The first-order valence-electron chi connectivity index (χ1n) is 8.73. The maximum atomic E-state index is 12.4. The van der Waals surface area contributed by atoms with E-state index in [9.17, 15) is 4.79 Å². The molecule has 0 aromatic heterocycles. The van der Waals surface area contributed by atoms with Crippen molar-refractivity contribution in [2.45, 2.75) is 12.8 Å². The number of nitrogens with zero attached hydrogens (tertiary/aromatic N) is 2. The third-order valence-electron chi connectivity index (χ3n) is 4.77. The third-order valence-corrected chi connectivity index (χ3v) is 4.77. The topological polar surface area (TPSA) is 35.6 Å². The molecule has 4 nitrogen and oxygen atoms in total. The minimum atomic E-state index is 0.0339. The molecule has 0 spiro atoms. The lowest BCUT2D eigenvalue weighted by Crippen LogP contribution is -2.44.